The van der Waals surface area contributed by atoms with E-state index in [2.05, 4.69) is 10.6 Å². The maximum absolute atomic E-state index is 13.0. The van der Waals surface area contributed by atoms with Crippen LogP contribution in [0, 0.1) is 0 Å². The van der Waals surface area contributed by atoms with E-state index in [0.29, 0.717) is 18.7 Å². The van der Waals surface area contributed by atoms with E-state index in [-0.39, 0.29) is 11.5 Å². The highest BCUT2D eigenvalue weighted by Gasteiger charge is 2.27. The summed E-state index contributed by atoms with van der Waals surface area (Å²) in [7, 11) is 0. The molecule has 2 rings (SSSR count). The van der Waals surface area contributed by atoms with Gasteiger partial charge in [-0.1, -0.05) is 6.07 Å². The zero-order valence-corrected chi connectivity index (χ0v) is 12.5. The number of hydrogen-bond acceptors (Lipinski definition) is 4. The van der Waals surface area contributed by atoms with Gasteiger partial charge < -0.3 is 21.1 Å². The first kappa shape index (κ1) is 17.3. The summed E-state index contributed by atoms with van der Waals surface area (Å²) in [5, 5.41) is 4.77. The molecule has 1 aliphatic heterocycles. The molecule has 23 heavy (non-hydrogen) atoms. The van der Waals surface area contributed by atoms with Crippen molar-refractivity contribution in [2.75, 3.05) is 25.0 Å². The first-order valence-electron chi connectivity index (χ1n) is 7.30. The molecule has 1 fully saturated rings. The van der Waals surface area contributed by atoms with Crippen molar-refractivity contribution in [2.45, 2.75) is 24.9 Å². The van der Waals surface area contributed by atoms with Gasteiger partial charge >= 0.3 is 0 Å². The molecule has 126 valence electrons. The molecule has 0 spiro atoms. The second-order valence-corrected chi connectivity index (χ2v) is 5.31. The lowest BCUT2D eigenvalue weighted by Gasteiger charge is -2.15. The lowest BCUT2D eigenvalue weighted by molar-refractivity contribution is -0.124. The molecular weight excluding hydrogens is 308 g/mol. The van der Waals surface area contributed by atoms with Crippen molar-refractivity contribution in [3.8, 4) is 0 Å². The number of halogens is 2. The Bertz CT molecular complexity index is 575. The van der Waals surface area contributed by atoms with Crippen LogP contribution in [0.3, 0.4) is 0 Å². The number of alkyl halides is 2. The molecule has 4 N–H and O–H groups in total. The second-order valence-electron chi connectivity index (χ2n) is 5.31. The van der Waals surface area contributed by atoms with Crippen LogP contribution in [0.4, 0.5) is 14.5 Å². The van der Waals surface area contributed by atoms with Crippen LogP contribution in [0.5, 0.6) is 0 Å². The van der Waals surface area contributed by atoms with Crippen LogP contribution in [0.2, 0.25) is 0 Å². The highest BCUT2D eigenvalue weighted by molar-refractivity contribution is 5.98. The molecule has 0 radical (unpaired) electrons. The predicted octanol–water partition coefficient (Wildman–Crippen LogP) is 1.13. The Hall–Kier alpha value is -2.06. The number of carbonyl (C=O) groups excluding carboxylic acids is 2. The summed E-state index contributed by atoms with van der Waals surface area (Å²) in [6.45, 7) is -1.13. The van der Waals surface area contributed by atoms with Crippen molar-refractivity contribution in [3.63, 3.8) is 0 Å². The third-order valence-corrected chi connectivity index (χ3v) is 3.42. The average molecular weight is 327 g/mol. The zero-order valence-electron chi connectivity index (χ0n) is 12.5. The Labute approximate surface area is 132 Å². The Morgan fingerprint density at radius 1 is 1.39 bits per heavy atom. The minimum absolute atomic E-state index is 0.169. The van der Waals surface area contributed by atoms with Gasteiger partial charge in [0, 0.05) is 17.9 Å². The third kappa shape index (κ3) is 4.97. The molecule has 1 unspecified atom stereocenters. The second kappa shape index (κ2) is 7.47. The molecule has 6 nitrogen and oxygen atoms in total. The molecule has 0 aliphatic carbocycles. The number of nitrogens with two attached hydrogens (primary N) is 1. The van der Waals surface area contributed by atoms with E-state index in [1.807, 2.05) is 0 Å². The topological polar surface area (TPSA) is 93.5 Å². The maximum atomic E-state index is 13.0. The molecule has 2 amide bonds. The lowest BCUT2D eigenvalue weighted by atomic mass is 10.1. The fourth-order valence-electron chi connectivity index (χ4n) is 2.13. The molecule has 0 bridgehead atoms. The number of amides is 2. The van der Waals surface area contributed by atoms with Crippen molar-refractivity contribution in [1.82, 2.24) is 5.32 Å². The van der Waals surface area contributed by atoms with Gasteiger partial charge in [-0.15, -0.1) is 0 Å². The number of ether oxygens (including phenoxy) is 1. The fourth-order valence-corrected chi connectivity index (χ4v) is 2.13. The Kier molecular flexibility index (Phi) is 5.62. The minimum Gasteiger partial charge on any atom is -0.368 e. The molecular formula is C15H19F2N3O3. The standard InChI is InChI=1S/C15H19F2N3O3/c16-15(17,8-18)9-19-13(21)10-3-1-4-11(7-10)20-14(22)12-5-2-6-23-12/h1,3-4,7,12H,2,5-6,8-9,18H2,(H,19,21)(H,20,22). The van der Waals surface area contributed by atoms with Crippen LogP contribution in [0.15, 0.2) is 24.3 Å². The van der Waals surface area contributed by atoms with E-state index >= 15 is 0 Å². The molecule has 8 heteroatoms. The molecule has 0 saturated carbocycles. The van der Waals surface area contributed by atoms with Crippen molar-refractivity contribution in [2.24, 2.45) is 5.73 Å². The van der Waals surface area contributed by atoms with Gasteiger partial charge in [0.05, 0.1) is 13.1 Å². The van der Waals surface area contributed by atoms with Crippen LogP contribution >= 0.6 is 0 Å². The number of benzene rings is 1. The fraction of sp³-hybridized carbons (Fsp3) is 0.467. The van der Waals surface area contributed by atoms with Gasteiger partial charge in [0.2, 0.25) is 0 Å². The summed E-state index contributed by atoms with van der Waals surface area (Å²) in [5.41, 5.74) is 5.48. The van der Waals surface area contributed by atoms with E-state index in [9.17, 15) is 18.4 Å². The number of anilines is 1. The first-order valence-corrected chi connectivity index (χ1v) is 7.30. The average Bonchev–Trinajstić information content (AvgIpc) is 3.07. The van der Waals surface area contributed by atoms with E-state index in [1.54, 1.807) is 12.1 Å². The number of carbonyl (C=O) groups is 2. The van der Waals surface area contributed by atoms with Gasteiger partial charge in [0.1, 0.15) is 6.10 Å². The molecule has 1 aromatic carbocycles. The largest absolute Gasteiger partial charge is 0.368 e. The summed E-state index contributed by atoms with van der Waals surface area (Å²) >= 11 is 0. The molecule has 0 aromatic heterocycles. The summed E-state index contributed by atoms with van der Waals surface area (Å²) in [6.07, 6.45) is 0.992. The van der Waals surface area contributed by atoms with Gasteiger partial charge in [-0.2, -0.15) is 0 Å². The first-order chi connectivity index (χ1) is 10.9. The van der Waals surface area contributed by atoms with E-state index in [0.717, 1.165) is 6.42 Å². The SMILES string of the molecule is NCC(F)(F)CNC(=O)c1cccc(NC(=O)C2CCCO2)c1. The molecule has 1 atom stereocenters. The van der Waals surface area contributed by atoms with Gasteiger partial charge in [-0.25, -0.2) is 8.78 Å². The minimum atomic E-state index is -3.15. The number of nitrogens with one attached hydrogen (secondary N) is 2. The molecule has 1 saturated heterocycles. The van der Waals surface area contributed by atoms with Crippen LogP contribution in [-0.2, 0) is 9.53 Å². The van der Waals surface area contributed by atoms with Crippen molar-refractivity contribution < 1.29 is 23.1 Å². The number of hydrogen-bond donors (Lipinski definition) is 3. The van der Waals surface area contributed by atoms with Crippen LogP contribution in [0.1, 0.15) is 23.2 Å². The summed E-state index contributed by atoms with van der Waals surface area (Å²) in [4.78, 5) is 23.8. The lowest BCUT2D eigenvalue weighted by Crippen LogP contribution is -2.41. The summed E-state index contributed by atoms with van der Waals surface area (Å²) in [5.74, 6) is -4.09. The Balaban J connectivity index is 1.96. The van der Waals surface area contributed by atoms with Crippen LogP contribution in [0.25, 0.3) is 0 Å². The summed E-state index contributed by atoms with van der Waals surface area (Å²) < 4.78 is 31.4. The quantitative estimate of drug-likeness (QED) is 0.730. The van der Waals surface area contributed by atoms with E-state index in [4.69, 9.17) is 10.5 Å². The van der Waals surface area contributed by atoms with Crippen molar-refractivity contribution in [1.29, 1.82) is 0 Å². The Morgan fingerprint density at radius 3 is 2.83 bits per heavy atom. The highest BCUT2D eigenvalue weighted by Crippen LogP contribution is 2.16. The van der Waals surface area contributed by atoms with Crippen LogP contribution in [-0.4, -0.2) is 43.5 Å². The summed E-state index contributed by atoms with van der Waals surface area (Å²) in [6, 6.07) is 6.06. The van der Waals surface area contributed by atoms with Gasteiger partial charge in [0.25, 0.3) is 17.7 Å². The number of rotatable bonds is 6. The third-order valence-electron chi connectivity index (χ3n) is 3.42. The smallest absolute Gasteiger partial charge is 0.277 e. The van der Waals surface area contributed by atoms with E-state index in [1.165, 1.54) is 12.1 Å². The maximum Gasteiger partial charge on any atom is 0.277 e. The zero-order chi connectivity index (χ0) is 16.9. The van der Waals surface area contributed by atoms with Crippen molar-refractivity contribution >= 4 is 17.5 Å². The molecule has 1 aromatic rings. The molecule has 1 aliphatic rings. The normalized spacial score (nSPS) is 17.8. The predicted molar refractivity (Wildman–Crippen MR) is 80.4 cm³/mol. The van der Waals surface area contributed by atoms with Crippen LogP contribution < -0.4 is 16.4 Å². The monoisotopic (exact) mass is 327 g/mol. The van der Waals surface area contributed by atoms with Gasteiger partial charge in [0.15, 0.2) is 0 Å². The molecule has 1 heterocycles. The van der Waals surface area contributed by atoms with Gasteiger partial charge in [-0.05, 0) is 31.0 Å². The van der Waals surface area contributed by atoms with Crippen molar-refractivity contribution in [3.05, 3.63) is 29.8 Å². The van der Waals surface area contributed by atoms with Gasteiger partial charge in [-0.3, -0.25) is 9.59 Å². The van der Waals surface area contributed by atoms with E-state index < -0.39 is 31.0 Å². The highest BCUT2D eigenvalue weighted by atomic mass is 19.3. The Morgan fingerprint density at radius 2 is 2.17 bits per heavy atom.